The van der Waals surface area contributed by atoms with Crippen molar-refractivity contribution in [3.63, 3.8) is 0 Å². The summed E-state index contributed by atoms with van der Waals surface area (Å²) >= 11 is 0. The van der Waals surface area contributed by atoms with Gasteiger partial charge in [0.1, 0.15) is 5.75 Å². The summed E-state index contributed by atoms with van der Waals surface area (Å²) < 4.78 is 30.5. The normalized spacial score (nSPS) is 12.9. The van der Waals surface area contributed by atoms with Gasteiger partial charge < -0.3 is 15.0 Å². The van der Waals surface area contributed by atoms with E-state index in [9.17, 15) is 18.0 Å². The fourth-order valence-corrected chi connectivity index (χ4v) is 4.51. The third-order valence-electron chi connectivity index (χ3n) is 5.03. The molecule has 0 saturated carbocycles. The van der Waals surface area contributed by atoms with Crippen molar-refractivity contribution >= 4 is 27.3 Å². The van der Waals surface area contributed by atoms with E-state index in [1.54, 1.807) is 50.5 Å². The minimum Gasteiger partial charge on any atom is -0.484 e. The summed E-state index contributed by atoms with van der Waals surface area (Å²) in [5.74, 6) is -0.276. The molecule has 0 bridgehead atoms. The second kappa shape index (κ2) is 9.30. The van der Waals surface area contributed by atoms with E-state index >= 15 is 0 Å². The molecular formula is C22H26N2O5S. The van der Waals surface area contributed by atoms with Crippen molar-refractivity contribution < 1.29 is 22.7 Å². The van der Waals surface area contributed by atoms with Crippen molar-refractivity contribution in [1.29, 1.82) is 0 Å². The molecule has 0 unspecified atom stereocenters. The zero-order valence-electron chi connectivity index (χ0n) is 17.2. The Labute approximate surface area is 177 Å². The molecule has 2 aromatic carbocycles. The number of anilines is 1. The van der Waals surface area contributed by atoms with Crippen molar-refractivity contribution in [2.75, 3.05) is 31.8 Å². The Bertz CT molecular complexity index is 1030. The zero-order chi connectivity index (χ0) is 21.7. The number of hydrogen-bond donors (Lipinski definition) is 1. The molecule has 0 aliphatic heterocycles. The van der Waals surface area contributed by atoms with Crippen molar-refractivity contribution in [3.05, 3.63) is 53.6 Å². The molecule has 2 aromatic rings. The molecular weight excluding hydrogens is 404 g/mol. The van der Waals surface area contributed by atoms with Crippen molar-refractivity contribution in [2.24, 2.45) is 0 Å². The number of amides is 2. The lowest BCUT2D eigenvalue weighted by Gasteiger charge is -2.12. The lowest BCUT2D eigenvalue weighted by atomic mass is 10.1. The van der Waals surface area contributed by atoms with Crippen LogP contribution in [0.5, 0.6) is 5.75 Å². The first-order valence-electron chi connectivity index (χ1n) is 9.82. The molecule has 0 atom stereocenters. The maximum atomic E-state index is 12.6. The summed E-state index contributed by atoms with van der Waals surface area (Å²) in [7, 11) is -0.220. The Kier molecular flexibility index (Phi) is 6.77. The number of aryl methyl sites for hydroxylation is 2. The van der Waals surface area contributed by atoms with Gasteiger partial charge in [0.05, 0.1) is 10.6 Å². The third-order valence-corrected chi connectivity index (χ3v) is 6.74. The molecule has 0 heterocycles. The largest absolute Gasteiger partial charge is 0.484 e. The molecule has 2 amide bonds. The third kappa shape index (κ3) is 5.60. The average molecular weight is 431 g/mol. The molecule has 0 fully saturated rings. The predicted octanol–water partition coefficient (Wildman–Crippen LogP) is 2.44. The molecule has 0 saturated heterocycles. The van der Waals surface area contributed by atoms with Crippen molar-refractivity contribution in [3.8, 4) is 5.75 Å². The van der Waals surface area contributed by atoms with E-state index in [0.29, 0.717) is 11.4 Å². The quantitative estimate of drug-likeness (QED) is 0.694. The minimum atomic E-state index is -3.52. The van der Waals surface area contributed by atoms with Gasteiger partial charge >= 0.3 is 0 Å². The van der Waals surface area contributed by atoms with Gasteiger partial charge in [-0.25, -0.2) is 8.42 Å². The van der Waals surface area contributed by atoms with Gasteiger partial charge in [-0.2, -0.15) is 0 Å². The van der Waals surface area contributed by atoms with Crippen LogP contribution in [0.2, 0.25) is 0 Å². The Morgan fingerprint density at radius 2 is 1.73 bits per heavy atom. The second-order valence-electron chi connectivity index (χ2n) is 7.50. The maximum absolute atomic E-state index is 12.6. The number of fused-ring (bicyclic) bond motifs is 1. The second-order valence-corrected chi connectivity index (χ2v) is 9.61. The maximum Gasteiger partial charge on any atom is 0.259 e. The van der Waals surface area contributed by atoms with E-state index in [0.717, 1.165) is 24.8 Å². The van der Waals surface area contributed by atoms with E-state index < -0.39 is 9.84 Å². The van der Waals surface area contributed by atoms with Crippen LogP contribution in [0.1, 0.15) is 24.0 Å². The number of rotatable bonds is 8. The van der Waals surface area contributed by atoms with Crippen LogP contribution >= 0.6 is 0 Å². The molecule has 160 valence electrons. The van der Waals surface area contributed by atoms with Crippen LogP contribution in [0.3, 0.4) is 0 Å². The Morgan fingerprint density at radius 3 is 2.43 bits per heavy atom. The van der Waals surface area contributed by atoms with Gasteiger partial charge in [0, 0.05) is 26.2 Å². The van der Waals surface area contributed by atoms with Gasteiger partial charge in [-0.1, -0.05) is 6.07 Å². The highest BCUT2D eigenvalue weighted by molar-refractivity contribution is 7.91. The summed E-state index contributed by atoms with van der Waals surface area (Å²) in [5.41, 5.74) is 2.83. The summed E-state index contributed by atoms with van der Waals surface area (Å²) in [5, 5.41) is 2.68. The SMILES string of the molecule is CN(C)C(=O)COc1ccc(NC(=O)CCS(=O)(=O)c2ccc3c(c2)CCC3)cc1. The summed E-state index contributed by atoms with van der Waals surface area (Å²) in [6.45, 7) is -0.0702. The highest BCUT2D eigenvalue weighted by Gasteiger charge is 2.20. The van der Waals surface area contributed by atoms with Gasteiger partial charge in [0.15, 0.2) is 16.4 Å². The summed E-state index contributed by atoms with van der Waals surface area (Å²) in [6.07, 6.45) is 2.82. The molecule has 1 aliphatic rings. The van der Waals surface area contributed by atoms with E-state index in [1.807, 2.05) is 6.07 Å². The number of nitrogens with zero attached hydrogens (tertiary/aromatic N) is 1. The molecule has 3 rings (SSSR count). The van der Waals surface area contributed by atoms with Crippen LogP contribution in [0.15, 0.2) is 47.4 Å². The number of likely N-dealkylation sites (N-methyl/N-ethyl adjacent to an activating group) is 1. The highest BCUT2D eigenvalue weighted by Crippen LogP contribution is 2.25. The summed E-state index contributed by atoms with van der Waals surface area (Å²) in [4.78, 5) is 25.4. The Hall–Kier alpha value is -2.87. The Balaban J connectivity index is 1.51. The number of ether oxygens (including phenoxy) is 1. The number of hydrogen-bond acceptors (Lipinski definition) is 5. The van der Waals surface area contributed by atoms with Gasteiger partial charge in [-0.3, -0.25) is 9.59 Å². The van der Waals surface area contributed by atoms with Crippen LogP contribution in [0, 0.1) is 0 Å². The van der Waals surface area contributed by atoms with Crippen LogP contribution < -0.4 is 10.1 Å². The number of carbonyl (C=O) groups excluding carboxylic acids is 2. The minimum absolute atomic E-state index is 0.0702. The van der Waals surface area contributed by atoms with Crippen molar-refractivity contribution in [2.45, 2.75) is 30.6 Å². The van der Waals surface area contributed by atoms with Crippen LogP contribution in [-0.2, 0) is 32.3 Å². The molecule has 30 heavy (non-hydrogen) atoms. The van der Waals surface area contributed by atoms with Gasteiger partial charge in [-0.15, -0.1) is 0 Å². The first kappa shape index (κ1) is 21.8. The van der Waals surface area contributed by atoms with E-state index in [2.05, 4.69) is 5.32 Å². The number of carbonyl (C=O) groups is 2. The molecule has 7 nitrogen and oxygen atoms in total. The van der Waals surface area contributed by atoms with Crippen molar-refractivity contribution in [1.82, 2.24) is 4.90 Å². The lowest BCUT2D eigenvalue weighted by molar-refractivity contribution is -0.130. The molecule has 1 aliphatic carbocycles. The number of benzene rings is 2. The smallest absolute Gasteiger partial charge is 0.259 e. The van der Waals surface area contributed by atoms with Crippen LogP contribution in [-0.4, -0.2) is 51.6 Å². The lowest BCUT2D eigenvalue weighted by Crippen LogP contribution is -2.27. The molecule has 8 heteroatoms. The van der Waals surface area contributed by atoms with Gasteiger partial charge in [0.25, 0.3) is 5.91 Å². The van der Waals surface area contributed by atoms with E-state index in [4.69, 9.17) is 4.74 Å². The monoisotopic (exact) mass is 430 g/mol. The summed E-state index contributed by atoms with van der Waals surface area (Å²) in [6, 6.07) is 11.8. The molecule has 0 radical (unpaired) electrons. The highest BCUT2D eigenvalue weighted by atomic mass is 32.2. The predicted molar refractivity (Wildman–Crippen MR) is 114 cm³/mol. The van der Waals surface area contributed by atoms with Crippen LogP contribution in [0.25, 0.3) is 0 Å². The molecule has 1 N–H and O–H groups in total. The molecule has 0 aromatic heterocycles. The fraction of sp³-hybridized carbons (Fsp3) is 0.364. The average Bonchev–Trinajstić information content (AvgIpc) is 3.19. The molecule has 0 spiro atoms. The van der Waals surface area contributed by atoms with E-state index in [1.165, 1.54) is 10.5 Å². The van der Waals surface area contributed by atoms with E-state index in [-0.39, 0.29) is 35.5 Å². The zero-order valence-corrected chi connectivity index (χ0v) is 18.0. The topological polar surface area (TPSA) is 92.8 Å². The van der Waals surface area contributed by atoms with Crippen LogP contribution in [0.4, 0.5) is 5.69 Å². The fourth-order valence-electron chi connectivity index (χ4n) is 3.22. The van der Waals surface area contributed by atoms with Gasteiger partial charge in [0.2, 0.25) is 5.91 Å². The first-order chi connectivity index (χ1) is 14.2. The van der Waals surface area contributed by atoms with Gasteiger partial charge in [-0.05, 0) is 66.8 Å². The Morgan fingerprint density at radius 1 is 1.03 bits per heavy atom. The first-order valence-corrected chi connectivity index (χ1v) is 11.5. The number of sulfone groups is 1. The number of nitrogens with one attached hydrogen (secondary N) is 1. The standard InChI is InChI=1S/C22H26N2O5S/c1-24(2)22(26)15-29-19-9-7-18(8-10-19)23-21(25)12-13-30(27,28)20-11-6-16-4-3-5-17(16)14-20/h6-11,14H,3-5,12-13,15H2,1-2H3,(H,23,25).